The maximum Gasteiger partial charge on any atom is 0.321 e. The van der Waals surface area contributed by atoms with Gasteiger partial charge in [-0.25, -0.2) is 0 Å². The normalized spacial score (nSPS) is 27.6. The van der Waals surface area contributed by atoms with Crippen LogP contribution in [0, 0.1) is 5.92 Å². The Hall–Kier alpha value is -1.27. The lowest BCUT2D eigenvalue weighted by atomic mass is 9.89. The summed E-state index contributed by atoms with van der Waals surface area (Å²) in [5, 5.41) is 15.0. The van der Waals surface area contributed by atoms with E-state index in [0.29, 0.717) is 25.9 Å². The van der Waals surface area contributed by atoms with Gasteiger partial charge in [-0.3, -0.25) is 14.4 Å². The summed E-state index contributed by atoms with van der Waals surface area (Å²) in [6.07, 6.45) is 2.93. The van der Waals surface area contributed by atoms with Crippen LogP contribution in [0.3, 0.4) is 0 Å². The molecular weight excluding hydrogens is 236 g/mol. The van der Waals surface area contributed by atoms with Gasteiger partial charge in [0.15, 0.2) is 17.5 Å². The number of hydrogen-bond acceptors (Lipinski definition) is 5. The minimum Gasteiger partial charge on any atom is -0.480 e. The van der Waals surface area contributed by atoms with E-state index < -0.39 is 35.5 Å². The van der Waals surface area contributed by atoms with Gasteiger partial charge >= 0.3 is 5.97 Å². The third-order valence-electron chi connectivity index (χ3n) is 3.62. The number of ketones is 2. The SMILES string of the molecule is O=C(O)C(C(=O)[C@H]1CCCN1)C(=O)[C@H]1CCCN1. The molecule has 6 heteroatoms. The molecule has 3 N–H and O–H groups in total. The van der Waals surface area contributed by atoms with Crippen molar-refractivity contribution >= 4 is 17.5 Å². The summed E-state index contributed by atoms with van der Waals surface area (Å²) in [7, 11) is 0. The molecule has 0 bridgehead atoms. The third kappa shape index (κ3) is 2.59. The van der Waals surface area contributed by atoms with Gasteiger partial charge in [0.2, 0.25) is 0 Å². The van der Waals surface area contributed by atoms with Crippen LogP contribution in [0.25, 0.3) is 0 Å². The highest BCUT2D eigenvalue weighted by atomic mass is 16.4. The summed E-state index contributed by atoms with van der Waals surface area (Å²) < 4.78 is 0. The Morgan fingerprint density at radius 2 is 1.39 bits per heavy atom. The third-order valence-corrected chi connectivity index (χ3v) is 3.62. The molecule has 0 aromatic heterocycles. The molecule has 2 aliphatic heterocycles. The van der Waals surface area contributed by atoms with Crippen molar-refractivity contribution in [3.05, 3.63) is 0 Å². The molecule has 0 spiro atoms. The van der Waals surface area contributed by atoms with Gasteiger partial charge in [0.1, 0.15) is 0 Å². The number of aliphatic carboxylic acids is 1. The van der Waals surface area contributed by atoms with Crippen molar-refractivity contribution in [3.63, 3.8) is 0 Å². The van der Waals surface area contributed by atoms with Gasteiger partial charge < -0.3 is 15.7 Å². The fraction of sp³-hybridized carbons (Fsp3) is 0.750. The Bertz CT molecular complexity index is 329. The average molecular weight is 254 g/mol. The molecule has 0 aromatic rings. The number of carbonyl (C=O) groups is 3. The van der Waals surface area contributed by atoms with Crippen LogP contribution < -0.4 is 10.6 Å². The zero-order valence-electron chi connectivity index (χ0n) is 10.1. The van der Waals surface area contributed by atoms with Gasteiger partial charge in [-0.1, -0.05) is 0 Å². The minimum absolute atomic E-state index is 0.476. The number of carbonyl (C=O) groups excluding carboxylic acids is 2. The highest BCUT2D eigenvalue weighted by Crippen LogP contribution is 2.17. The predicted octanol–water partition coefficient (Wildman–Crippen LogP) is -0.671. The molecule has 0 saturated carbocycles. The van der Waals surface area contributed by atoms with Crippen molar-refractivity contribution in [2.24, 2.45) is 5.92 Å². The van der Waals surface area contributed by atoms with Crippen LogP contribution in [0.4, 0.5) is 0 Å². The lowest BCUT2D eigenvalue weighted by molar-refractivity contribution is -0.151. The standard InChI is InChI=1S/C12H18N2O4/c15-10(7-3-1-5-13-7)9(12(17)18)11(16)8-4-2-6-14-8/h7-9,13-14H,1-6H2,(H,17,18)/t7-,8-/m1/s1. The zero-order chi connectivity index (χ0) is 13.1. The van der Waals surface area contributed by atoms with Gasteiger partial charge in [0, 0.05) is 0 Å². The van der Waals surface area contributed by atoms with Crippen molar-refractivity contribution in [1.82, 2.24) is 10.6 Å². The van der Waals surface area contributed by atoms with Crippen molar-refractivity contribution in [2.45, 2.75) is 37.8 Å². The van der Waals surface area contributed by atoms with Crippen LogP contribution in [0.15, 0.2) is 0 Å². The number of rotatable bonds is 5. The summed E-state index contributed by atoms with van der Waals surface area (Å²) in [5.41, 5.74) is 0. The first kappa shape index (κ1) is 13.2. The second kappa shape index (κ2) is 5.58. The summed E-state index contributed by atoms with van der Waals surface area (Å²) in [5.74, 6) is -3.82. The van der Waals surface area contributed by atoms with E-state index in [4.69, 9.17) is 5.11 Å². The molecule has 2 fully saturated rings. The van der Waals surface area contributed by atoms with Gasteiger partial charge in [0.25, 0.3) is 0 Å². The summed E-state index contributed by atoms with van der Waals surface area (Å²) in [6.45, 7) is 1.41. The van der Waals surface area contributed by atoms with Crippen molar-refractivity contribution in [1.29, 1.82) is 0 Å². The molecule has 6 nitrogen and oxygen atoms in total. The highest BCUT2D eigenvalue weighted by Gasteiger charge is 2.42. The maximum atomic E-state index is 12.1. The minimum atomic E-state index is -1.52. The molecular formula is C12H18N2O4. The maximum absolute atomic E-state index is 12.1. The van der Waals surface area contributed by atoms with Gasteiger partial charge in [0.05, 0.1) is 12.1 Å². The largest absolute Gasteiger partial charge is 0.480 e. The second-order valence-corrected chi connectivity index (χ2v) is 4.87. The molecule has 2 heterocycles. The second-order valence-electron chi connectivity index (χ2n) is 4.87. The Labute approximate surface area is 105 Å². The molecule has 0 aromatic carbocycles. The Morgan fingerprint density at radius 1 is 0.944 bits per heavy atom. The van der Waals surface area contributed by atoms with Crippen LogP contribution in [-0.4, -0.2) is 47.8 Å². The van der Waals surface area contributed by atoms with Crippen LogP contribution in [0.2, 0.25) is 0 Å². The van der Waals surface area contributed by atoms with E-state index in [2.05, 4.69) is 10.6 Å². The van der Waals surface area contributed by atoms with Crippen molar-refractivity contribution in [2.75, 3.05) is 13.1 Å². The number of Topliss-reactive ketones (excluding diaryl/α,β-unsaturated/α-hetero) is 2. The van der Waals surface area contributed by atoms with Crippen LogP contribution >= 0.6 is 0 Å². The predicted molar refractivity (Wildman–Crippen MR) is 63.2 cm³/mol. The van der Waals surface area contributed by atoms with Gasteiger partial charge in [-0.2, -0.15) is 0 Å². The number of nitrogens with one attached hydrogen (secondary N) is 2. The number of hydrogen-bond donors (Lipinski definition) is 3. The van der Waals surface area contributed by atoms with E-state index >= 15 is 0 Å². The molecule has 0 amide bonds. The van der Waals surface area contributed by atoms with E-state index in [9.17, 15) is 14.4 Å². The monoisotopic (exact) mass is 254 g/mol. The number of carboxylic acids is 1. The molecule has 0 unspecified atom stereocenters. The summed E-state index contributed by atoms with van der Waals surface area (Å²) >= 11 is 0. The van der Waals surface area contributed by atoms with Crippen LogP contribution in [-0.2, 0) is 14.4 Å². The van der Waals surface area contributed by atoms with Crippen LogP contribution in [0.1, 0.15) is 25.7 Å². The first-order chi connectivity index (χ1) is 8.61. The van der Waals surface area contributed by atoms with Crippen LogP contribution in [0.5, 0.6) is 0 Å². The zero-order valence-corrected chi connectivity index (χ0v) is 10.1. The summed E-state index contributed by atoms with van der Waals surface area (Å²) in [6, 6.07) is -0.951. The lowest BCUT2D eigenvalue weighted by Gasteiger charge is -2.18. The molecule has 2 rings (SSSR count). The lowest BCUT2D eigenvalue weighted by Crippen LogP contribution is -2.47. The smallest absolute Gasteiger partial charge is 0.321 e. The molecule has 0 aliphatic carbocycles. The average Bonchev–Trinajstić information content (AvgIpc) is 3.02. The van der Waals surface area contributed by atoms with E-state index in [-0.39, 0.29) is 0 Å². The molecule has 2 saturated heterocycles. The van der Waals surface area contributed by atoms with Gasteiger partial charge in [-0.05, 0) is 38.8 Å². The highest BCUT2D eigenvalue weighted by molar-refractivity contribution is 6.19. The Kier molecular flexibility index (Phi) is 4.08. The molecule has 100 valence electrons. The fourth-order valence-corrected chi connectivity index (χ4v) is 2.64. The molecule has 2 aliphatic rings. The quantitative estimate of drug-likeness (QED) is 0.563. The molecule has 18 heavy (non-hydrogen) atoms. The van der Waals surface area contributed by atoms with Crippen molar-refractivity contribution in [3.8, 4) is 0 Å². The van der Waals surface area contributed by atoms with Gasteiger partial charge in [-0.15, -0.1) is 0 Å². The Balaban J connectivity index is 2.09. The Morgan fingerprint density at radius 3 is 1.67 bits per heavy atom. The van der Waals surface area contributed by atoms with Crippen molar-refractivity contribution < 1.29 is 19.5 Å². The first-order valence-electron chi connectivity index (χ1n) is 6.38. The van der Waals surface area contributed by atoms with E-state index in [1.54, 1.807) is 0 Å². The van der Waals surface area contributed by atoms with E-state index in [1.807, 2.05) is 0 Å². The molecule has 2 atom stereocenters. The topological polar surface area (TPSA) is 95.5 Å². The summed E-state index contributed by atoms with van der Waals surface area (Å²) in [4.78, 5) is 35.4. The fourth-order valence-electron chi connectivity index (χ4n) is 2.64. The number of carboxylic acid groups (broad SMARTS) is 1. The molecule has 0 radical (unpaired) electrons. The van der Waals surface area contributed by atoms with E-state index in [1.165, 1.54) is 0 Å². The first-order valence-corrected chi connectivity index (χ1v) is 6.38. The van der Waals surface area contributed by atoms with E-state index in [0.717, 1.165) is 12.8 Å².